The summed E-state index contributed by atoms with van der Waals surface area (Å²) in [6.07, 6.45) is 4.18. The van der Waals surface area contributed by atoms with E-state index < -0.39 is 0 Å². The molecule has 4 heteroatoms. The van der Waals surface area contributed by atoms with E-state index in [1.165, 1.54) is 11.1 Å². The number of hydrazone groups is 1. The zero-order valence-corrected chi connectivity index (χ0v) is 13.3. The van der Waals surface area contributed by atoms with Gasteiger partial charge in [0.2, 0.25) is 0 Å². The van der Waals surface area contributed by atoms with Gasteiger partial charge in [0.05, 0.1) is 5.71 Å². The van der Waals surface area contributed by atoms with Gasteiger partial charge in [-0.15, -0.1) is 0 Å². The summed E-state index contributed by atoms with van der Waals surface area (Å²) in [5.74, 6) is 0.477. The van der Waals surface area contributed by atoms with Gasteiger partial charge in [-0.3, -0.25) is 5.43 Å². The summed E-state index contributed by atoms with van der Waals surface area (Å²) in [5.41, 5.74) is 7.34. The fourth-order valence-corrected chi connectivity index (χ4v) is 2.39. The molecule has 110 valence electrons. The van der Waals surface area contributed by atoms with Crippen molar-refractivity contribution in [2.24, 2.45) is 11.0 Å². The molecule has 21 heavy (non-hydrogen) atoms. The molecule has 0 saturated heterocycles. The number of thiocarbonyl (C=S) groups is 1. The van der Waals surface area contributed by atoms with Crippen LogP contribution in [0.25, 0.3) is 0 Å². The lowest BCUT2D eigenvalue weighted by Gasteiger charge is -2.22. The van der Waals surface area contributed by atoms with Gasteiger partial charge < -0.3 is 5.32 Å². The first-order valence-electron chi connectivity index (χ1n) is 7.07. The van der Waals surface area contributed by atoms with E-state index in [1.807, 2.05) is 30.3 Å². The summed E-state index contributed by atoms with van der Waals surface area (Å²) >= 11 is 5.26. The monoisotopic (exact) mass is 299 g/mol. The molecule has 0 bridgehead atoms. The Kier molecular flexibility index (Phi) is 5.28. The second-order valence-electron chi connectivity index (χ2n) is 5.36. The van der Waals surface area contributed by atoms with Crippen LogP contribution < -0.4 is 10.7 Å². The molecule has 1 unspecified atom stereocenters. The zero-order chi connectivity index (χ0) is 15.2. The van der Waals surface area contributed by atoms with Crippen LogP contribution in [-0.4, -0.2) is 10.8 Å². The van der Waals surface area contributed by atoms with Crippen LogP contribution in [0.2, 0.25) is 0 Å². The van der Waals surface area contributed by atoms with Crippen molar-refractivity contribution >= 4 is 28.7 Å². The van der Waals surface area contributed by atoms with Crippen LogP contribution in [0.3, 0.4) is 0 Å². The van der Waals surface area contributed by atoms with E-state index >= 15 is 0 Å². The van der Waals surface area contributed by atoms with Gasteiger partial charge in [0, 0.05) is 5.69 Å². The maximum absolute atomic E-state index is 5.26. The Morgan fingerprint density at radius 2 is 2.05 bits per heavy atom. The van der Waals surface area contributed by atoms with Crippen LogP contribution in [0.1, 0.15) is 26.7 Å². The molecular formula is C17H21N3S. The second-order valence-corrected chi connectivity index (χ2v) is 5.77. The van der Waals surface area contributed by atoms with Crippen molar-refractivity contribution in [2.45, 2.75) is 26.7 Å². The average Bonchev–Trinajstić information content (AvgIpc) is 2.47. The third-order valence-corrected chi connectivity index (χ3v) is 3.82. The van der Waals surface area contributed by atoms with Gasteiger partial charge in [-0.1, -0.05) is 36.4 Å². The van der Waals surface area contributed by atoms with Crippen LogP contribution in [0.5, 0.6) is 0 Å². The van der Waals surface area contributed by atoms with Crippen molar-refractivity contribution in [3.63, 3.8) is 0 Å². The molecule has 0 aromatic heterocycles. The van der Waals surface area contributed by atoms with Gasteiger partial charge in [0.1, 0.15) is 0 Å². The van der Waals surface area contributed by atoms with Gasteiger partial charge in [0.15, 0.2) is 5.11 Å². The third kappa shape index (κ3) is 4.53. The third-order valence-electron chi connectivity index (χ3n) is 3.62. The Morgan fingerprint density at radius 1 is 1.33 bits per heavy atom. The fraction of sp³-hybridized carbons (Fsp3) is 0.294. The summed E-state index contributed by atoms with van der Waals surface area (Å²) in [6, 6.07) is 9.81. The van der Waals surface area contributed by atoms with Gasteiger partial charge >= 0.3 is 0 Å². The minimum absolute atomic E-state index is 0.477. The smallest absolute Gasteiger partial charge is 0.191 e. The van der Waals surface area contributed by atoms with Crippen LogP contribution in [0.15, 0.2) is 59.2 Å². The molecule has 1 aliphatic rings. The number of hydrogen-bond donors (Lipinski definition) is 2. The highest BCUT2D eigenvalue weighted by Crippen LogP contribution is 2.26. The number of para-hydroxylation sites is 1. The standard InChI is InChI=1S/C17H21N3S/c1-12(2)14-10-9-13(3)16(11-14)19-20-17(21)18-15-7-5-4-6-8-15/h4-9,14H,1,10-11H2,2-3H3,(H2,18,20,21). The summed E-state index contributed by atoms with van der Waals surface area (Å²) in [7, 11) is 0. The van der Waals surface area contributed by atoms with Gasteiger partial charge in [-0.05, 0) is 62.5 Å². The molecule has 0 aliphatic heterocycles. The number of nitrogens with one attached hydrogen (secondary N) is 2. The summed E-state index contributed by atoms with van der Waals surface area (Å²) in [5, 5.41) is 8.05. The predicted molar refractivity (Wildman–Crippen MR) is 94.5 cm³/mol. The lowest BCUT2D eigenvalue weighted by atomic mass is 9.85. The molecule has 1 aromatic rings. The van der Waals surface area contributed by atoms with E-state index in [4.69, 9.17) is 12.2 Å². The molecule has 0 amide bonds. The van der Waals surface area contributed by atoms with Gasteiger partial charge in [-0.25, -0.2) is 0 Å². The maximum atomic E-state index is 5.26. The molecule has 1 aromatic carbocycles. The molecule has 0 fully saturated rings. The molecule has 2 rings (SSSR count). The summed E-state index contributed by atoms with van der Waals surface area (Å²) < 4.78 is 0. The van der Waals surface area contributed by atoms with E-state index in [9.17, 15) is 0 Å². The largest absolute Gasteiger partial charge is 0.331 e. The van der Waals surface area contributed by atoms with E-state index in [-0.39, 0.29) is 0 Å². The normalized spacial score (nSPS) is 19.8. The Morgan fingerprint density at radius 3 is 2.71 bits per heavy atom. The summed E-state index contributed by atoms with van der Waals surface area (Å²) in [4.78, 5) is 0. The average molecular weight is 299 g/mol. The predicted octanol–water partition coefficient (Wildman–Crippen LogP) is 4.26. The fourth-order valence-electron chi connectivity index (χ4n) is 2.22. The minimum Gasteiger partial charge on any atom is -0.331 e. The Labute approximate surface area is 131 Å². The van der Waals surface area contributed by atoms with Crippen molar-refractivity contribution in [2.75, 3.05) is 5.32 Å². The number of rotatable bonds is 3. The highest BCUT2D eigenvalue weighted by Gasteiger charge is 2.18. The van der Waals surface area contributed by atoms with Crippen molar-refractivity contribution in [3.8, 4) is 0 Å². The second kappa shape index (κ2) is 7.18. The van der Waals surface area contributed by atoms with Crippen LogP contribution in [0, 0.1) is 5.92 Å². The summed E-state index contributed by atoms with van der Waals surface area (Å²) in [6.45, 7) is 8.21. The Bertz CT molecular complexity index is 587. The van der Waals surface area contributed by atoms with E-state index in [0.29, 0.717) is 11.0 Å². The van der Waals surface area contributed by atoms with E-state index in [0.717, 1.165) is 24.2 Å². The number of nitrogens with zero attached hydrogens (tertiary/aromatic N) is 1. The first-order chi connectivity index (χ1) is 10.1. The maximum Gasteiger partial charge on any atom is 0.191 e. The molecule has 1 aliphatic carbocycles. The Balaban J connectivity index is 1.96. The van der Waals surface area contributed by atoms with E-state index in [2.05, 4.69) is 42.3 Å². The van der Waals surface area contributed by atoms with E-state index in [1.54, 1.807) is 0 Å². The molecule has 1 atom stereocenters. The molecule has 0 spiro atoms. The first kappa shape index (κ1) is 15.4. The molecule has 0 saturated carbocycles. The zero-order valence-electron chi connectivity index (χ0n) is 12.5. The Hall–Kier alpha value is -1.94. The van der Waals surface area contributed by atoms with Crippen molar-refractivity contribution in [1.29, 1.82) is 0 Å². The minimum atomic E-state index is 0.477. The number of hydrogen-bond acceptors (Lipinski definition) is 2. The number of anilines is 1. The van der Waals surface area contributed by atoms with Gasteiger partial charge in [-0.2, -0.15) is 5.10 Å². The van der Waals surface area contributed by atoms with Crippen molar-refractivity contribution < 1.29 is 0 Å². The first-order valence-corrected chi connectivity index (χ1v) is 7.48. The van der Waals surface area contributed by atoms with Gasteiger partial charge in [0.25, 0.3) is 0 Å². The van der Waals surface area contributed by atoms with Crippen LogP contribution in [-0.2, 0) is 0 Å². The molecule has 0 heterocycles. The van der Waals surface area contributed by atoms with Crippen LogP contribution >= 0.6 is 12.2 Å². The topological polar surface area (TPSA) is 36.4 Å². The highest BCUT2D eigenvalue weighted by molar-refractivity contribution is 7.80. The molecular weight excluding hydrogens is 278 g/mol. The van der Waals surface area contributed by atoms with Crippen molar-refractivity contribution in [3.05, 3.63) is 54.1 Å². The number of allylic oxidation sites excluding steroid dienone is 3. The highest BCUT2D eigenvalue weighted by atomic mass is 32.1. The lowest BCUT2D eigenvalue weighted by Crippen LogP contribution is -2.26. The SMILES string of the molecule is C=C(C)C1CC=C(C)C(=NNC(=S)Nc2ccccc2)C1. The number of benzene rings is 1. The molecule has 2 N–H and O–H groups in total. The van der Waals surface area contributed by atoms with Crippen molar-refractivity contribution in [1.82, 2.24) is 5.43 Å². The molecule has 3 nitrogen and oxygen atoms in total. The lowest BCUT2D eigenvalue weighted by molar-refractivity contribution is 0.637. The molecule has 0 radical (unpaired) electrons. The van der Waals surface area contributed by atoms with Crippen LogP contribution in [0.4, 0.5) is 5.69 Å². The quantitative estimate of drug-likeness (QED) is 0.497.